The smallest absolute Gasteiger partial charge is 0.330 e. The van der Waals surface area contributed by atoms with Crippen molar-refractivity contribution in [2.75, 3.05) is 6.61 Å². The summed E-state index contributed by atoms with van der Waals surface area (Å²) in [7, 11) is 0. The number of hydrogen-bond acceptors (Lipinski definition) is 10. The zero-order valence-electron chi connectivity index (χ0n) is 20.5. The van der Waals surface area contributed by atoms with Gasteiger partial charge in [-0.1, -0.05) is 30.9 Å². The van der Waals surface area contributed by atoms with Gasteiger partial charge in [0.2, 0.25) is 0 Å². The van der Waals surface area contributed by atoms with Crippen molar-refractivity contribution in [3.05, 3.63) is 76.1 Å². The number of esters is 1. The molecule has 2 heterocycles. The number of ether oxygens (including phenoxy) is 2. The number of rotatable bonds is 11. The van der Waals surface area contributed by atoms with Crippen LogP contribution in [0.5, 0.6) is 5.75 Å². The van der Waals surface area contributed by atoms with Crippen molar-refractivity contribution in [1.82, 2.24) is 14.6 Å². The molecule has 1 aliphatic rings. The van der Waals surface area contributed by atoms with Gasteiger partial charge in [0.25, 0.3) is 5.56 Å². The van der Waals surface area contributed by atoms with E-state index in [0.717, 1.165) is 22.9 Å². The summed E-state index contributed by atoms with van der Waals surface area (Å²) in [6, 6.07) is 8.71. The Balaban J connectivity index is 1.83. The normalized spacial score (nSPS) is 25.8. The lowest BCUT2D eigenvalue weighted by Crippen LogP contribution is -2.47. The summed E-state index contributed by atoms with van der Waals surface area (Å²) in [5, 5.41) is 24.8. The molecule has 1 saturated heterocycles. The maximum absolute atomic E-state index is 12.4. The molecule has 14 heteroatoms. The van der Waals surface area contributed by atoms with Crippen LogP contribution in [0.2, 0.25) is 0 Å². The number of para-hydroxylation sites is 1. The van der Waals surface area contributed by atoms with Crippen LogP contribution in [0, 0.1) is 0 Å². The van der Waals surface area contributed by atoms with Gasteiger partial charge in [-0.2, -0.15) is 0 Å². The average Bonchev–Trinajstić information content (AvgIpc) is 3.08. The highest BCUT2D eigenvalue weighted by Gasteiger charge is 2.55. The first-order chi connectivity index (χ1) is 17.4. The lowest BCUT2D eigenvalue weighted by molar-refractivity contribution is -0.149. The molecule has 202 valence electrons. The number of aromatic nitrogens is 2. The van der Waals surface area contributed by atoms with Gasteiger partial charge in [-0.25, -0.2) is 9.88 Å². The summed E-state index contributed by atoms with van der Waals surface area (Å²) >= 11 is 5.64. The largest absolute Gasteiger partial charge is 0.462 e. The van der Waals surface area contributed by atoms with E-state index in [-0.39, 0.29) is 6.10 Å². The van der Waals surface area contributed by atoms with Crippen molar-refractivity contribution in [3.8, 4) is 5.75 Å². The molecule has 12 nitrogen and oxygen atoms in total. The Kier molecular flexibility index (Phi) is 9.24. The lowest BCUT2D eigenvalue weighted by atomic mass is 9.94. The van der Waals surface area contributed by atoms with Crippen molar-refractivity contribution in [3.63, 3.8) is 0 Å². The summed E-state index contributed by atoms with van der Waals surface area (Å²) < 4.78 is 23.7. The van der Waals surface area contributed by atoms with Crippen molar-refractivity contribution < 1.29 is 33.5 Å². The third kappa shape index (κ3) is 6.82. The minimum absolute atomic E-state index is 0.350. The molecule has 0 saturated carbocycles. The molecule has 0 amide bonds. The number of hydrogen-bond donors (Lipinski definition) is 4. The van der Waals surface area contributed by atoms with E-state index in [1.165, 1.54) is 0 Å². The summed E-state index contributed by atoms with van der Waals surface area (Å²) in [6.07, 6.45) is -2.41. The van der Waals surface area contributed by atoms with Crippen LogP contribution in [-0.2, 0) is 30.6 Å². The van der Waals surface area contributed by atoms with Gasteiger partial charge in [0, 0.05) is 12.3 Å². The molecule has 1 fully saturated rings. The molecule has 4 N–H and O–H groups in total. The van der Waals surface area contributed by atoms with Crippen LogP contribution in [-0.4, -0.2) is 62.3 Å². The quantitative estimate of drug-likeness (QED) is 0.178. The minimum Gasteiger partial charge on any atom is -0.462 e. The van der Waals surface area contributed by atoms with Crippen molar-refractivity contribution in [2.24, 2.45) is 0 Å². The van der Waals surface area contributed by atoms with Crippen molar-refractivity contribution in [2.45, 2.75) is 57.0 Å². The first kappa shape index (κ1) is 28.9. The molecule has 0 radical (unpaired) electrons. The summed E-state index contributed by atoms with van der Waals surface area (Å²) in [5.41, 5.74) is -3.61. The average molecular weight is 556 g/mol. The Morgan fingerprint density at radius 1 is 1.32 bits per heavy atom. The summed E-state index contributed by atoms with van der Waals surface area (Å²) in [6.45, 7) is 4.65. The minimum atomic E-state index is -3.46. The molecule has 2 unspecified atom stereocenters. The molecule has 1 aromatic heterocycles. The van der Waals surface area contributed by atoms with Crippen LogP contribution in [0.1, 0.15) is 27.0 Å². The topological polar surface area (TPSA) is 161 Å². The zero-order chi connectivity index (χ0) is 27.4. The Bertz CT molecular complexity index is 1270. The predicted molar refractivity (Wildman–Crippen MR) is 138 cm³/mol. The molecule has 2 aromatic rings. The standard InChI is InChI=1S/C23H30N3O9PS/c1-5-23(31)19(28)17(34-21(23)26-12-11-18(27)24-22(26)30)13-32-36(37,35-16-9-7-6-8-10-16)25-15(4)20(29)33-14(2)3/h5-12,14-15,17,19,21,28,31H,1,13H2,2-4H3,(H,25,37)(H,24,27,30)/t15?,17-,19-,21-,23-,36?/m1/s1. The number of aliphatic hydroxyl groups is 2. The molecule has 0 aliphatic carbocycles. The van der Waals surface area contributed by atoms with Gasteiger partial charge in [0.05, 0.1) is 12.7 Å². The first-order valence-corrected chi connectivity index (χ1v) is 14.0. The van der Waals surface area contributed by atoms with E-state index in [9.17, 15) is 24.6 Å². The van der Waals surface area contributed by atoms with Crippen LogP contribution in [0.15, 0.2) is 64.8 Å². The number of nitrogens with one attached hydrogen (secondary N) is 2. The fraction of sp³-hybridized carbons (Fsp3) is 0.435. The highest BCUT2D eigenvalue weighted by atomic mass is 32.5. The van der Waals surface area contributed by atoms with Crippen molar-refractivity contribution in [1.29, 1.82) is 0 Å². The van der Waals surface area contributed by atoms with Gasteiger partial charge < -0.3 is 28.7 Å². The number of nitrogens with zero attached hydrogens (tertiary/aromatic N) is 1. The van der Waals surface area contributed by atoms with Gasteiger partial charge in [-0.3, -0.25) is 19.1 Å². The fourth-order valence-electron chi connectivity index (χ4n) is 3.55. The number of carbonyl (C=O) groups excluding carboxylic acids is 1. The first-order valence-electron chi connectivity index (χ1n) is 11.4. The molecule has 0 spiro atoms. The lowest BCUT2D eigenvalue weighted by Gasteiger charge is -2.29. The SMILES string of the molecule is C=C[C@@]1(O)[C@H](O)[C@@H](COP(=S)(NC(C)C(=O)OC(C)C)Oc2ccccc2)O[C@H]1n1ccc(=O)[nH]c1=O. The highest BCUT2D eigenvalue weighted by molar-refractivity contribution is 8.09. The number of benzene rings is 1. The third-order valence-corrected chi connectivity index (χ3v) is 7.89. The summed E-state index contributed by atoms with van der Waals surface area (Å²) in [5.74, 6) is -0.198. The Morgan fingerprint density at radius 3 is 2.59 bits per heavy atom. The molecular weight excluding hydrogens is 525 g/mol. The number of aromatic amines is 1. The van der Waals surface area contributed by atoms with Gasteiger partial charge in [-0.05, 0) is 44.7 Å². The molecule has 0 bridgehead atoms. The van der Waals surface area contributed by atoms with E-state index in [1.54, 1.807) is 51.1 Å². The molecule has 1 aliphatic heterocycles. The Morgan fingerprint density at radius 2 is 2.00 bits per heavy atom. The van der Waals surface area contributed by atoms with Crippen LogP contribution in [0.25, 0.3) is 0 Å². The van der Waals surface area contributed by atoms with Gasteiger partial charge >= 0.3 is 18.3 Å². The van der Waals surface area contributed by atoms with Crippen LogP contribution in [0.4, 0.5) is 0 Å². The molecule has 37 heavy (non-hydrogen) atoms. The van der Waals surface area contributed by atoms with E-state index >= 15 is 0 Å². The molecular formula is C23H30N3O9PS. The maximum atomic E-state index is 12.4. The van der Waals surface area contributed by atoms with Crippen LogP contribution >= 0.6 is 6.64 Å². The monoisotopic (exact) mass is 555 g/mol. The summed E-state index contributed by atoms with van der Waals surface area (Å²) in [4.78, 5) is 38.2. The second-order valence-corrected chi connectivity index (χ2v) is 11.8. The predicted octanol–water partition coefficient (Wildman–Crippen LogP) is 0.962. The zero-order valence-corrected chi connectivity index (χ0v) is 22.2. The Labute approximate surface area is 218 Å². The van der Waals surface area contributed by atoms with Crippen molar-refractivity contribution >= 4 is 24.4 Å². The van der Waals surface area contributed by atoms with E-state index in [2.05, 4.69) is 16.7 Å². The molecule has 3 rings (SSSR count). The van der Waals surface area contributed by atoms with Crippen LogP contribution in [0.3, 0.4) is 0 Å². The third-order valence-electron chi connectivity index (χ3n) is 5.39. The van der Waals surface area contributed by atoms with E-state index < -0.39 is 60.5 Å². The van der Waals surface area contributed by atoms with Gasteiger partial charge in [0.15, 0.2) is 11.8 Å². The molecule has 1 aromatic carbocycles. The maximum Gasteiger partial charge on any atom is 0.330 e. The fourth-order valence-corrected chi connectivity index (χ4v) is 5.97. The van der Waals surface area contributed by atoms with E-state index in [1.807, 2.05) is 0 Å². The van der Waals surface area contributed by atoms with E-state index in [4.69, 9.17) is 30.3 Å². The second kappa shape index (κ2) is 11.8. The Hall–Kier alpha value is -2.64. The van der Waals surface area contributed by atoms with E-state index in [0.29, 0.717) is 5.75 Å². The van der Waals surface area contributed by atoms with Gasteiger partial charge in [-0.15, -0.1) is 0 Å². The number of H-pyrrole nitrogens is 1. The van der Waals surface area contributed by atoms with Crippen LogP contribution < -0.4 is 20.9 Å². The molecule has 6 atom stereocenters. The second-order valence-electron chi connectivity index (χ2n) is 8.61. The number of aliphatic hydroxyl groups excluding tert-OH is 1. The van der Waals surface area contributed by atoms with Gasteiger partial charge in [0.1, 0.15) is 24.0 Å². The number of carbonyl (C=O) groups is 1. The highest BCUT2D eigenvalue weighted by Crippen LogP contribution is 2.47.